The van der Waals surface area contributed by atoms with E-state index in [0.717, 1.165) is 0 Å². The maximum absolute atomic E-state index is 11.4. The zero-order chi connectivity index (χ0) is 13.8. The Morgan fingerprint density at radius 1 is 1.47 bits per heavy atom. The average Bonchev–Trinajstić information content (AvgIpc) is 2.92. The van der Waals surface area contributed by atoms with E-state index in [2.05, 4.69) is 4.98 Å². The Kier molecular flexibility index (Phi) is 4.21. The first kappa shape index (κ1) is 13.6. The molecule has 0 radical (unpaired) electrons. The van der Waals surface area contributed by atoms with Gasteiger partial charge in [0.2, 0.25) is 0 Å². The van der Waals surface area contributed by atoms with Gasteiger partial charge in [0, 0.05) is 25.0 Å². The van der Waals surface area contributed by atoms with Crippen LogP contribution in [-0.2, 0) is 14.3 Å². The Balaban J connectivity index is 2.02. The van der Waals surface area contributed by atoms with Crippen molar-refractivity contribution in [3.05, 3.63) is 24.0 Å². The summed E-state index contributed by atoms with van der Waals surface area (Å²) in [5.74, 6) is -1.19. The SMILES string of the molecule is COC(=O)C1CCN(C(C(=O)O)c2ccc[nH]2)CC1. The van der Waals surface area contributed by atoms with Crippen LogP contribution < -0.4 is 0 Å². The number of aromatic amines is 1. The van der Waals surface area contributed by atoms with Crippen LogP contribution in [0.25, 0.3) is 0 Å². The molecule has 1 aromatic heterocycles. The van der Waals surface area contributed by atoms with Crippen LogP contribution in [0.4, 0.5) is 0 Å². The molecule has 1 aromatic rings. The third-order valence-corrected chi connectivity index (χ3v) is 3.58. The summed E-state index contributed by atoms with van der Waals surface area (Å²) in [6, 6.07) is 2.88. The van der Waals surface area contributed by atoms with Crippen molar-refractivity contribution < 1.29 is 19.4 Å². The van der Waals surface area contributed by atoms with Gasteiger partial charge in [-0.3, -0.25) is 14.5 Å². The lowest BCUT2D eigenvalue weighted by molar-refractivity contribution is -0.148. The van der Waals surface area contributed by atoms with Crippen LogP contribution in [0.1, 0.15) is 24.6 Å². The first-order valence-corrected chi connectivity index (χ1v) is 6.31. The van der Waals surface area contributed by atoms with Gasteiger partial charge in [-0.05, 0) is 25.0 Å². The fourth-order valence-electron chi connectivity index (χ4n) is 2.56. The first-order valence-electron chi connectivity index (χ1n) is 6.31. The first-order chi connectivity index (χ1) is 9.13. The quantitative estimate of drug-likeness (QED) is 0.795. The number of carbonyl (C=O) groups excluding carboxylic acids is 1. The summed E-state index contributed by atoms with van der Waals surface area (Å²) in [6.07, 6.45) is 2.99. The van der Waals surface area contributed by atoms with Gasteiger partial charge in [-0.1, -0.05) is 0 Å². The number of carboxylic acid groups (broad SMARTS) is 1. The normalized spacial score (nSPS) is 19.0. The molecule has 1 aliphatic rings. The molecule has 6 nitrogen and oxygen atoms in total. The summed E-state index contributed by atoms with van der Waals surface area (Å²) in [5, 5.41) is 9.37. The molecule has 104 valence electrons. The van der Waals surface area contributed by atoms with E-state index in [9.17, 15) is 14.7 Å². The van der Waals surface area contributed by atoms with Gasteiger partial charge in [-0.25, -0.2) is 0 Å². The van der Waals surface area contributed by atoms with Crippen LogP contribution in [0.15, 0.2) is 18.3 Å². The molecule has 1 fully saturated rings. The lowest BCUT2D eigenvalue weighted by Gasteiger charge is -2.34. The molecule has 1 aliphatic heterocycles. The molecule has 0 saturated carbocycles. The van der Waals surface area contributed by atoms with Crippen molar-refractivity contribution in [2.75, 3.05) is 20.2 Å². The number of aliphatic carboxylic acids is 1. The lowest BCUT2D eigenvalue weighted by Crippen LogP contribution is -2.42. The minimum atomic E-state index is -0.876. The van der Waals surface area contributed by atoms with Crippen molar-refractivity contribution >= 4 is 11.9 Å². The molecule has 2 rings (SSSR count). The fraction of sp³-hybridized carbons (Fsp3) is 0.538. The van der Waals surface area contributed by atoms with E-state index in [1.165, 1.54) is 7.11 Å². The Morgan fingerprint density at radius 3 is 2.63 bits per heavy atom. The van der Waals surface area contributed by atoms with E-state index < -0.39 is 12.0 Å². The molecule has 1 atom stereocenters. The van der Waals surface area contributed by atoms with E-state index >= 15 is 0 Å². The highest BCUT2D eigenvalue weighted by Crippen LogP contribution is 2.26. The Hall–Kier alpha value is -1.82. The summed E-state index contributed by atoms with van der Waals surface area (Å²) < 4.78 is 4.73. The molecule has 19 heavy (non-hydrogen) atoms. The van der Waals surface area contributed by atoms with Crippen LogP contribution in [0.5, 0.6) is 0 Å². The molecule has 0 amide bonds. The number of piperidine rings is 1. The topological polar surface area (TPSA) is 82.6 Å². The summed E-state index contributed by atoms with van der Waals surface area (Å²) in [6.45, 7) is 1.16. The smallest absolute Gasteiger partial charge is 0.327 e. The predicted octanol–water partition coefficient (Wildman–Crippen LogP) is 1.03. The zero-order valence-corrected chi connectivity index (χ0v) is 10.8. The molecule has 0 aromatic carbocycles. The standard InChI is InChI=1S/C13H18N2O4/c1-19-13(18)9-4-7-15(8-5-9)11(12(16)17)10-3-2-6-14-10/h2-3,6,9,11,14H,4-5,7-8H2,1H3,(H,16,17). The van der Waals surface area contributed by atoms with Crippen molar-refractivity contribution in [3.63, 3.8) is 0 Å². The number of likely N-dealkylation sites (tertiary alicyclic amines) is 1. The molecule has 1 saturated heterocycles. The van der Waals surface area contributed by atoms with Gasteiger partial charge in [0.05, 0.1) is 13.0 Å². The number of H-pyrrole nitrogens is 1. The number of carboxylic acids is 1. The largest absolute Gasteiger partial charge is 0.480 e. The van der Waals surface area contributed by atoms with Gasteiger partial charge in [0.25, 0.3) is 0 Å². The Labute approximate surface area is 111 Å². The number of nitrogens with one attached hydrogen (secondary N) is 1. The van der Waals surface area contributed by atoms with Gasteiger partial charge in [0.1, 0.15) is 6.04 Å². The minimum Gasteiger partial charge on any atom is -0.480 e. The predicted molar refractivity (Wildman–Crippen MR) is 67.5 cm³/mol. The van der Waals surface area contributed by atoms with E-state index in [-0.39, 0.29) is 11.9 Å². The van der Waals surface area contributed by atoms with Crippen LogP contribution in [0.3, 0.4) is 0 Å². The zero-order valence-electron chi connectivity index (χ0n) is 10.8. The molecular weight excluding hydrogens is 248 g/mol. The van der Waals surface area contributed by atoms with Gasteiger partial charge in [0.15, 0.2) is 0 Å². The fourth-order valence-corrected chi connectivity index (χ4v) is 2.56. The Morgan fingerprint density at radius 2 is 2.16 bits per heavy atom. The number of ether oxygens (including phenoxy) is 1. The van der Waals surface area contributed by atoms with E-state index in [1.807, 2.05) is 4.90 Å². The molecular formula is C13H18N2O4. The van der Waals surface area contributed by atoms with Crippen LogP contribution >= 0.6 is 0 Å². The van der Waals surface area contributed by atoms with Crippen molar-refractivity contribution in [1.29, 1.82) is 0 Å². The van der Waals surface area contributed by atoms with Crippen molar-refractivity contribution in [2.45, 2.75) is 18.9 Å². The molecule has 0 bridgehead atoms. The summed E-state index contributed by atoms with van der Waals surface area (Å²) in [4.78, 5) is 27.7. The minimum absolute atomic E-state index is 0.112. The molecule has 2 heterocycles. The molecule has 2 N–H and O–H groups in total. The summed E-state index contributed by atoms with van der Waals surface area (Å²) in [5.41, 5.74) is 0.670. The number of esters is 1. The van der Waals surface area contributed by atoms with Gasteiger partial charge >= 0.3 is 11.9 Å². The maximum Gasteiger partial charge on any atom is 0.327 e. The molecule has 1 unspecified atom stereocenters. The second-order valence-electron chi connectivity index (χ2n) is 4.70. The van der Waals surface area contributed by atoms with Gasteiger partial charge < -0.3 is 14.8 Å². The van der Waals surface area contributed by atoms with Crippen LogP contribution in [-0.4, -0.2) is 47.1 Å². The van der Waals surface area contributed by atoms with Crippen molar-refractivity contribution in [1.82, 2.24) is 9.88 Å². The highest BCUT2D eigenvalue weighted by Gasteiger charge is 2.33. The molecule has 6 heteroatoms. The average molecular weight is 266 g/mol. The summed E-state index contributed by atoms with van der Waals surface area (Å²) >= 11 is 0. The third kappa shape index (κ3) is 2.96. The van der Waals surface area contributed by atoms with Gasteiger partial charge in [-0.2, -0.15) is 0 Å². The van der Waals surface area contributed by atoms with Crippen molar-refractivity contribution in [3.8, 4) is 0 Å². The number of carbonyl (C=O) groups is 2. The van der Waals surface area contributed by atoms with Gasteiger partial charge in [-0.15, -0.1) is 0 Å². The Bertz CT molecular complexity index is 436. The number of hydrogen-bond donors (Lipinski definition) is 2. The number of aromatic nitrogens is 1. The number of methoxy groups -OCH3 is 1. The monoisotopic (exact) mass is 266 g/mol. The van der Waals surface area contributed by atoms with Crippen LogP contribution in [0, 0.1) is 5.92 Å². The highest BCUT2D eigenvalue weighted by molar-refractivity contribution is 5.75. The second-order valence-corrected chi connectivity index (χ2v) is 4.70. The maximum atomic E-state index is 11.4. The molecule has 0 aliphatic carbocycles. The third-order valence-electron chi connectivity index (χ3n) is 3.58. The van der Waals surface area contributed by atoms with E-state index in [1.54, 1.807) is 18.3 Å². The lowest BCUT2D eigenvalue weighted by atomic mass is 9.95. The summed E-state index contributed by atoms with van der Waals surface area (Å²) in [7, 11) is 1.38. The number of rotatable bonds is 4. The molecule has 0 spiro atoms. The van der Waals surface area contributed by atoms with Crippen molar-refractivity contribution in [2.24, 2.45) is 5.92 Å². The number of hydrogen-bond acceptors (Lipinski definition) is 4. The van der Waals surface area contributed by atoms with Crippen LogP contribution in [0.2, 0.25) is 0 Å². The highest BCUT2D eigenvalue weighted by atomic mass is 16.5. The number of nitrogens with zero attached hydrogens (tertiary/aromatic N) is 1. The van der Waals surface area contributed by atoms with E-state index in [4.69, 9.17) is 4.74 Å². The van der Waals surface area contributed by atoms with E-state index in [0.29, 0.717) is 31.6 Å². The second kappa shape index (κ2) is 5.88.